The molecule has 0 aromatic rings. The van der Waals surface area contributed by atoms with Gasteiger partial charge in [-0.05, 0) is 57.8 Å². The minimum Gasteiger partial charge on any atom is -0.387 e. The summed E-state index contributed by atoms with van der Waals surface area (Å²) in [6.45, 7) is 4.83. The van der Waals surface area contributed by atoms with Gasteiger partial charge in [0.2, 0.25) is 5.91 Å². The van der Waals surface area contributed by atoms with E-state index in [1.54, 1.807) is 6.08 Å². The first-order valence-corrected chi connectivity index (χ1v) is 34.9. The summed E-state index contributed by atoms with van der Waals surface area (Å²) in [4.78, 5) is 23.3. The Morgan fingerprint density at radius 1 is 0.434 bits per heavy atom. The number of rotatable bonds is 62. The van der Waals surface area contributed by atoms with Gasteiger partial charge in [0.1, 0.15) is 13.2 Å². The van der Waals surface area contributed by atoms with Gasteiger partial charge < -0.3 is 19.8 Å². The van der Waals surface area contributed by atoms with Gasteiger partial charge in [-0.3, -0.25) is 13.8 Å². The summed E-state index contributed by atoms with van der Waals surface area (Å²) in [5.41, 5.74) is 0. The zero-order valence-electron chi connectivity index (χ0n) is 51.5. The highest BCUT2D eigenvalue weighted by Crippen LogP contribution is 2.43. The number of nitrogens with zero attached hydrogens (tertiary/aromatic N) is 1. The molecule has 0 aromatic heterocycles. The molecule has 0 aromatic carbocycles. The van der Waals surface area contributed by atoms with Crippen LogP contribution >= 0.6 is 7.82 Å². The fourth-order valence-corrected chi connectivity index (χ4v) is 10.9. The molecule has 0 bridgehead atoms. The molecule has 0 fully saturated rings. The summed E-state index contributed by atoms with van der Waals surface area (Å²) in [7, 11) is 1.57. The molecule has 0 spiro atoms. The maximum Gasteiger partial charge on any atom is 0.472 e. The molecule has 3 N–H and O–H groups in total. The molecule has 0 aliphatic carbocycles. The van der Waals surface area contributed by atoms with Crippen LogP contribution < -0.4 is 5.32 Å². The van der Waals surface area contributed by atoms with E-state index < -0.39 is 20.0 Å². The summed E-state index contributed by atoms with van der Waals surface area (Å²) < 4.78 is 23.7. The normalized spacial score (nSPS) is 13.9. The molecule has 76 heavy (non-hydrogen) atoms. The van der Waals surface area contributed by atoms with E-state index >= 15 is 0 Å². The fourth-order valence-electron chi connectivity index (χ4n) is 10.1. The number of allylic oxidation sites excluding steroid dienone is 5. The van der Waals surface area contributed by atoms with Crippen LogP contribution in [0.1, 0.15) is 335 Å². The number of amides is 1. The van der Waals surface area contributed by atoms with E-state index in [-0.39, 0.29) is 19.1 Å². The SMILES string of the molecule is CCCCCCCCCC/C=C\CCCCCCCCCCCCCCCCCCCCCCCCCCCCCC(=O)NC(COP(=O)(O)OCC[N+](C)(C)C)C(O)/C=C/CC/C=C/CCCCCCCCCCC. The van der Waals surface area contributed by atoms with E-state index in [9.17, 15) is 19.4 Å². The van der Waals surface area contributed by atoms with Gasteiger partial charge in [0.25, 0.3) is 0 Å². The second-order valence-corrected chi connectivity index (χ2v) is 25.6. The lowest BCUT2D eigenvalue weighted by Crippen LogP contribution is -2.45. The number of phosphoric ester groups is 1. The molecular formula is C67H132N2O6P+. The van der Waals surface area contributed by atoms with Crippen molar-refractivity contribution in [2.24, 2.45) is 0 Å². The maximum absolute atomic E-state index is 13.0. The van der Waals surface area contributed by atoms with Crippen molar-refractivity contribution in [1.29, 1.82) is 0 Å². The number of quaternary nitrogens is 1. The summed E-state index contributed by atoms with van der Waals surface area (Å²) in [5.74, 6) is -0.181. The van der Waals surface area contributed by atoms with Crippen molar-refractivity contribution < 1.29 is 32.9 Å². The molecule has 0 saturated heterocycles. The monoisotopic (exact) mass is 1090 g/mol. The topological polar surface area (TPSA) is 105 Å². The van der Waals surface area contributed by atoms with Gasteiger partial charge in [0.15, 0.2) is 0 Å². The minimum absolute atomic E-state index is 0.0580. The minimum atomic E-state index is -4.35. The van der Waals surface area contributed by atoms with Crippen molar-refractivity contribution in [2.75, 3.05) is 40.9 Å². The van der Waals surface area contributed by atoms with Crippen molar-refractivity contribution in [3.05, 3.63) is 36.5 Å². The Kier molecular flexibility index (Phi) is 57.4. The third kappa shape index (κ3) is 60.4. The van der Waals surface area contributed by atoms with Crippen LogP contribution in [0.5, 0.6) is 0 Å². The average molecular weight is 1090 g/mol. The molecule has 450 valence electrons. The Labute approximate surface area is 474 Å². The van der Waals surface area contributed by atoms with Crippen molar-refractivity contribution >= 4 is 13.7 Å². The Morgan fingerprint density at radius 2 is 0.724 bits per heavy atom. The van der Waals surface area contributed by atoms with Crippen LogP contribution in [0.25, 0.3) is 0 Å². The van der Waals surface area contributed by atoms with Crippen LogP contribution in [-0.4, -0.2) is 73.4 Å². The van der Waals surface area contributed by atoms with Crippen LogP contribution in [0.4, 0.5) is 0 Å². The van der Waals surface area contributed by atoms with E-state index in [1.807, 2.05) is 27.2 Å². The number of unbranched alkanes of at least 4 members (excludes halogenated alkanes) is 45. The molecule has 0 heterocycles. The van der Waals surface area contributed by atoms with E-state index in [0.29, 0.717) is 17.4 Å². The van der Waals surface area contributed by atoms with Gasteiger partial charge in [0.05, 0.1) is 39.9 Å². The molecule has 3 unspecified atom stereocenters. The Morgan fingerprint density at radius 3 is 1.05 bits per heavy atom. The largest absolute Gasteiger partial charge is 0.472 e. The van der Waals surface area contributed by atoms with Gasteiger partial charge in [-0.25, -0.2) is 4.57 Å². The molecular weight excluding hydrogens is 960 g/mol. The summed E-state index contributed by atoms with van der Waals surface area (Å²) in [6, 6.07) is -0.861. The first kappa shape index (κ1) is 74.7. The molecule has 0 aliphatic heterocycles. The summed E-state index contributed by atoms with van der Waals surface area (Å²) in [5, 5.41) is 13.9. The molecule has 3 atom stereocenters. The van der Waals surface area contributed by atoms with E-state index in [0.717, 1.165) is 38.5 Å². The van der Waals surface area contributed by atoms with Crippen molar-refractivity contribution in [1.82, 2.24) is 5.32 Å². The van der Waals surface area contributed by atoms with Gasteiger partial charge in [-0.15, -0.1) is 0 Å². The lowest BCUT2D eigenvalue weighted by atomic mass is 10.0. The molecule has 0 radical (unpaired) electrons. The number of hydrogen-bond acceptors (Lipinski definition) is 5. The number of aliphatic hydroxyl groups is 1. The first-order valence-electron chi connectivity index (χ1n) is 33.4. The number of carbonyl (C=O) groups is 1. The molecule has 0 aliphatic rings. The predicted octanol–water partition coefficient (Wildman–Crippen LogP) is 20.9. The number of nitrogens with one attached hydrogen (secondary N) is 1. The fraction of sp³-hybridized carbons (Fsp3) is 0.896. The van der Waals surface area contributed by atoms with Crippen LogP contribution in [0.3, 0.4) is 0 Å². The maximum atomic E-state index is 13.0. The molecule has 8 nitrogen and oxygen atoms in total. The van der Waals surface area contributed by atoms with Gasteiger partial charge in [-0.2, -0.15) is 0 Å². The van der Waals surface area contributed by atoms with Crippen LogP contribution in [0, 0.1) is 0 Å². The van der Waals surface area contributed by atoms with Gasteiger partial charge >= 0.3 is 7.82 Å². The van der Waals surface area contributed by atoms with E-state index in [1.165, 1.54) is 276 Å². The summed E-state index contributed by atoms with van der Waals surface area (Å²) in [6.07, 6.45) is 77.4. The average Bonchev–Trinajstić information content (AvgIpc) is 3.38. The molecule has 0 rings (SSSR count). The highest BCUT2D eigenvalue weighted by atomic mass is 31.2. The third-order valence-corrected chi connectivity index (χ3v) is 16.3. The Bertz CT molecular complexity index is 1330. The number of carbonyl (C=O) groups excluding carboxylic acids is 1. The van der Waals surface area contributed by atoms with Crippen LogP contribution in [0.2, 0.25) is 0 Å². The van der Waals surface area contributed by atoms with Crippen molar-refractivity contribution in [2.45, 2.75) is 347 Å². The zero-order valence-corrected chi connectivity index (χ0v) is 52.4. The highest BCUT2D eigenvalue weighted by Gasteiger charge is 2.28. The molecule has 9 heteroatoms. The van der Waals surface area contributed by atoms with E-state index in [2.05, 4.69) is 43.5 Å². The lowest BCUT2D eigenvalue weighted by molar-refractivity contribution is -0.870. The highest BCUT2D eigenvalue weighted by molar-refractivity contribution is 7.47. The number of aliphatic hydroxyl groups excluding tert-OH is 1. The second kappa shape index (κ2) is 58.4. The van der Waals surface area contributed by atoms with Crippen LogP contribution in [-0.2, 0) is 18.4 Å². The number of likely N-dealkylation sites (N-methyl/N-ethyl adjacent to an activating group) is 1. The van der Waals surface area contributed by atoms with Crippen LogP contribution in [0.15, 0.2) is 36.5 Å². The molecule has 1 amide bonds. The van der Waals surface area contributed by atoms with E-state index in [4.69, 9.17) is 9.05 Å². The third-order valence-electron chi connectivity index (χ3n) is 15.3. The number of hydrogen-bond donors (Lipinski definition) is 3. The first-order chi connectivity index (χ1) is 37.0. The van der Waals surface area contributed by atoms with Gasteiger partial charge in [-0.1, -0.05) is 307 Å². The lowest BCUT2D eigenvalue weighted by Gasteiger charge is -2.25. The Hall–Kier alpha value is -1.28. The zero-order chi connectivity index (χ0) is 55.6. The molecule has 0 saturated carbocycles. The van der Waals surface area contributed by atoms with Crippen molar-refractivity contribution in [3.8, 4) is 0 Å². The smallest absolute Gasteiger partial charge is 0.387 e. The van der Waals surface area contributed by atoms with Gasteiger partial charge in [0, 0.05) is 6.42 Å². The quantitative estimate of drug-likeness (QED) is 0.0243. The predicted molar refractivity (Wildman–Crippen MR) is 332 cm³/mol. The second-order valence-electron chi connectivity index (χ2n) is 24.2. The summed E-state index contributed by atoms with van der Waals surface area (Å²) >= 11 is 0. The Balaban J connectivity index is 3.89. The van der Waals surface area contributed by atoms with Crippen molar-refractivity contribution in [3.63, 3.8) is 0 Å². The standard InChI is InChI=1S/C67H131N2O6P/c1-6-8-10-12-14-16-18-20-22-23-24-25-26-27-28-29-30-31-32-33-34-35-36-37-38-39-40-41-42-43-44-45-47-49-51-53-55-57-59-61-67(71)68-65(64-75-76(72,73)74-63-62-69(3,4)5)66(70)60-58-56-54-52-50-48-46-21-19-17-15-13-11-9-7-2/h23-24,50,52,58,60,65-66,70H,6-22,25-49,51,53-57,59,61-64H2,1-5H3,(H-,68,71,72,73)/p+1/b24-23-,52-50+,60-58+. The number of phosphoric acid groups is 1.